The second-order valence-electron chi connectivity index (χ2n) is 3.61. The zero-order chi connectivity index (χ0) is 11.5. The van der Waals surface area contributed by atoms with Gasteiger partial charge in [-0.15, -0.1) is 11.3 Å². The van der Waals surface area contributed by atoms with Gasteiger partial charge < -0.3 is 10.8 Å². The Bertz CT molecular complexity index is 476. The molecule has 0 atom stereocenters. The van der Waals surface area contributed by atoms with Gasteiger partial charge in [0.2, 0.25) is 0 Å². The molecule has 3 N–H and O–H groups in total. The van der Waals surface area contributed by atoms with Crippen LogP contribution in [0.5, 0.6) is 5.75 Å². The van der Waals surface area contributed by atoms with E-state index in [2.05, 4.69) is 4.98 Å². The van der Waals surface area contributed by atoms with Crippen LogP contribution in [0.25, 0.3) is 10.6 Å². The molecule has 0 spiro atoms. The van der Waals surface area contributed by atoms with Crippen molar-refractivity contribution in [2.24, 2.45) is 5.73 Å². The Morgan fingerprint density at radius 1 is 1.31 bits per heavy atom. The summed E-state index contributed by atoms with van der Waals surface area (Å²) in [5.41, 5.74) is 7.63. The minimum Gasteiger partial charge on any atom is -0.508 e. The van der Waals surface area contributed by atoms with E-state index in [4.69, 9.17) is 5.73 Å². The Kier molecular flexibility index (Phi) is 3.22. The number of rotatable bonds is 3. The number of aromatic nitrogens is 1. The lowest BCUT2D eigenvalue weighted by molar-refractivity contribution is 0.475. The molecular formula is C12H14N2OS. The van der Waals surface area contributed by atoms with Crippen molar-refractivity contribution < 1.29 is 5.11 Å². The molecule has 0 saturated carbocycles. The van der Waals surface area contributed by atoms with Crippen LogP contribution in [-0.2, 0) is 6.42 Å². The zero-order valence-corrected chi connectivity index (χ0v) is 9.92. The van der Waals surface area contributed by atoms with Crippen LogP contribution in [0.1, 0.15) is 10.6 Å². The first-order valence-corrected chi connectivity index (χ1v) is 5.98. The van der Waals surface area contributed by atoms with Crippen molar-refractivity contribution >= 4 is 11.3 Å². The van der Waals surface area contributed by atoms with Gasteiger partial charge in [-0.2, -0.15) is 0 Å². The summed E-state index contributed by atoms with van der Waals surface area (Å²) in [5, 5.41) is 10.2. The number of phenolic OH excluding ortho intramolecular Hbond substituents is 1. The highest BCUT2D eigenvalue weighted by atomic mass is 32.1. The van der Waals surface area contributed by atoms with Crippen LogP contribution < -0.4 is 5.73 Å². The Morgan fingerprint density at radius 2 is 2.00 bits per heavy atom. The van der Waals surface area contributed by atoms with Crippen molar-refractivity contribution in [3.8, 4) is 16.3 Å². The Labute approximate surface area is 98.6 Å². The van der Waals surface area contributed by atoms with Crippen LogP contribution in [0.2, 0.25) is 0 Å². The molecule has 0 aliphatic carbocycles. The van der Waals surface area contributed by atoms with Crippen molar-refractivity contribution in [3.63, 3.8) is 0 Å². The van der Waals surface area contributed by atoms with Crippen molar-refractivity contribution in [1.29, 1.82) is 0 Å². The average Bonchev–Trinajstić information content (AvgIpc) is 2.62. The molecule has 1 aromatic carbocycles. The van der Waals surface area contributed by atoms with E-state index >= 15 is 0 Å². The van der Waals surface area contributed by atoms with E-state index in [1.54, 1.807) is 23.5 Å². The third-order valence-corrected chi connectivity index (χ3v) is 3.64. The van der Waals surface area contributed by atoms with Crippen molar-refractivity contribution in [3.05, 3.63) is 34.8 Å². The van der Waals surface area contributed by atoms with Crippen LogP contribution >= 0.6 is 11.3 Å². The molecule has 0 aliphatic rings. The summed E-state index contributed by atoms with van der Waals surface area (Å²) < 4.78 is 0. The van der Waals surface area contributed by atoms with Gasteiger partial charge in [0.05, 0.1) is 5.69 Å². The van der Waals surface area contributed by atoms with Crippen LogP contribution in [-0.4, -0.2) is 16.6 Å². The maximum absolute atomic E-state index is 9.21. The van der Waals surface area contributed by atoms with Crippen molar-refractivity contribution in [2.75, 3.05) is 6.54 Å². The van der Waals surface area contributed by atoms with Gasteiger partial charge in [0, 0.05) is 10.4 Å². The fourth-order valence-corrected chi connectivity index (χ4v) is 2.60. The molecule has 0 radical (unpaired) electrons. The minimum absolute atomic E-state index is 0.277. The molecule has 4 heteroatoms. The van der Waals surface area contributed by atoms with Crippen LogP contribution in [0, 0.1) is 6.92 Å². The van der Waals surface area contributed by atoms with Gasteiger partial charge in [-0.3, -0.25) is 0 Å². The molecule has 3 nitrogen and oxygen atoms in total. The minimum atomic E-state index is 0.277. The molecule has 0 unspecified atom stereocenters. The molecular weight excluding hydrogens is 220 g/mol. The van der Waals surface area contributed by atoms with E-state index in [-0.39, 0.29) is 5.75 Å². The largest absolute Gasteiger partial charge is 0.508 e. The lowest BCUT2D eigenvalue weighted by Gasteiger charge is -1.95. The Hall–Kier alpha value is -1.39. The second-order valence-corrected chi connectivity index (χ2v) is 4.70. The standard InChI is InChI=1S/C12H14N2OS/c1-8-11(6-7-13)16-12(14-8)9-2-4-10(15)5-3-9/h2-5,15H,6-7,13H2,1H3. The number of thiazole rings is 1. The lowest BCUT2D eigenvalue weighted by Crippen LogP contribution is -2.01. The Balaban J connectivity index is 2.33. The van der Waals surface area contributed by atoms with Gasteiger partial charge in [-0.05, 0) is 44.2 Å². The lowest BCUT2D eigenvalue weighted by atomic mass is 10.2. The van der Waals surface area contributed by atoms with Gasteiger partial charge in [0.25, 0.3) is 0 Å². The number of benzene rings is 1. The monoisotopic (exact) mass is 234 g/mol. The fraction of sp³-hybridized carbons (Fsp3) is 0.250. The first-order valence-electron chi connectivity index (χ1n) is 5.16. The average molecular weight is 234 g/mol. The van der Waals surface area contributed by atoms with E-state index in [1.807, 2.05) is 19.1 Å². The predicted molar refractivity (Wildman–Crippen MR) is 66.7 cm³/mol. The van der Waals surface area contributed by atoms with Crippen LogP contribution in [0.15, 0.2) is 24.3 Å². The van der Waals surface area contributed by atoms with E-state index in [0.717, 1.165) is 22.7 Å². The maximum atomic E-state index is 9.21. The first kappa shape index (κ1) is 11.1. The third kappa shape index (κ3) is 2.23. The molecule has 0 bridgehead atoms. The molecule has 2 aromatic rings. The summed E-state index contributed by atoms with van der Waals surface area (Å²) in [6, 6.07) is 7.10. The maximum Gasteiger partial charge on any atom is 0.123 e. The second kappa shape index (κ2) is 4.63. The highest BCUT2D eigenvalue weighted by molar-refractivity contribution is 7.15. The third-order valence-electron chi connectivity index (χ3n) is 2.38. The molecule has 0 aliphatic heterocycles. The Morgan fingerprint density at radius 3 is 2.62 bits per heavy atom. The number of aryl methyl sites for hydroxylation is 1. The summed E-state index contributed by atoms with van der Waals surface area (Å²) in [5.74, 6) is 0.277. The number of nitrogens with two attached hydrogens (primary N) is 1. The van der Waals surface area contributed by atoms with E-state index in [1.165, 1.54) is 4.88 Å². The topological polar surface area (TPSA) is 59.1 Å². The van der Waals surface area contributed by atoms with Crippen LogP contribution in [0.3, 0.4) is 0 Å². The summed E-state index contributed by atoms with van der Waals surface area (Å²) in [4.78, 5) is 5.75. The quantitative estimate of drug-likeness (QED) is 0.857. The fourth-order valence-electron chi connectivity index (χ4n) is 1.52. The van der Waals surface area contributed by atoms with Gasteiger partial charge in [-0.1, -0.05) is 0 Å². The number of phenols is 1. The van der Waals surface area contributed by atoms with Crippen molar-refractivity contribution in [2.45, 2.75) is 13.3 Å². The van der Waals surface area contributed by atoms with Crippen LogP contribution in [0.4, 0.5) is 0 Å². The first-order chi connectivity index (χ1) is 7.70. The molecule has 1 heterocycles. The molecule has 0 saturated heterocycles. The number of nitrogens with zero attached hydrogens (tertiary/aromatic N) is 1. The van der Waals surface area contributed by atoms with Gasteiger partial charge >= 0.3 is 0 Å². The predicted octanol–water partition coefficient (Wildman–Crippen LogP) is 2.33. The normalized spacial score (nSPS) is 10.6. The van der Waals surface area contributed by atoms with E-state index in [9.17, 15) is 5.11 Å². The zero-order valence-electron chi connectivity index (χ0n) is 9.10. The molecule has 1 aromatic heterocycles. The molecule has 0 amide bonds. The number of hydrogen-bond donors (Lipinski definition) is 2. The van der Waals surface area contributed by atoms with Gasteiger partial charge in [-0.25, -0.2) is 4.98 Å². The summed E-state index contributed by atoms with van der Waals surface area (Å²) in [7, 11) is 0. The highest BCUT2D eigenvalue weighted by Crippen LogP contribution is 2.28. The SMILES string of the molecule is Cc1nc(-c2ccc(O)cc2)sc1CCN. The van der Waals surface area contributed by atoms with Gasteiger partial charge in [0.15, 0.2) is 0 Å². The highest BCUT2D eigenvalue weighted by Gasteiger charge is 2.08. The molecule has 2 rings (SSSR count). The van der Waals surface area contributed by atoms with E-state index < -0.39 is 0 Å². The molecule has 0 fully saturated rings. The van der Waals surface area contributed by atoms with Gasteiger partial charge in [0.1, 0.15) is 10.8 Å². The van der Waals surface area contributed by atoms with Crippen molar-refractivity contribution in [1.82, 2.24) is 4.98 Å². The summed E-state index contributed by atoms with van der Waals surface area (Å²) in [6.07, 6.45) is 0.877. The summed E-state index contributed by atoms with van der Waals surface area (Å²) >= 11 is 1.67. The summed E-state index contributed by atoms with van der Waals surface area (Å²) in [6.45, 7) is 2.66. The molecule has 16 heavy (non-hydrogen) atoms. The molecule has 84 valence electrons. The number of aromatic hydroxyl groups is 1. The number of hydrogen-bond acceptors (Lipinski definition) is 4. The van der Waals surface area contributed by atoms with E-state index in [0.29, 0.717) is 6.54 Å². The smallest absolute Gasteiger partial charge is 0.123 e.